The van der Waals surface area contributed by atoms with Crippen molar-refractivity contribution in [3.05, 3.63) is 216 Å². The van der Waals surface area contributed by atoms with Crippen molar-refractivity contribution >= 4 is 66.8 Å². The fraction of sp³-hybridized carbons (Fsp3) is 0.103. The van der Waals surface area contributed by atoms with E-state index in [4.69, 9.17) is 4.42 Å². The van der Waals surface area contributed by atoms with E-state index in [0.29, 0.717) is 0 Å². The summed E-state index contributed by atoms with van der Waals surface area (Å²) in [4.78, 5) is 5.04. The van der Waals surface area contributed by atoms with Gasteiger partial charge in [-0.25, -0.2) is 0 Å². The molecule has 1 aliphatic heterocycles. The van der Waals surface area contributed by atoms with Gasteiger partial charge < -0.3 is 14.2 Å². The Morgan fingerprint density at radius 3 is 1.93 bits per heavy atom. The van der Waals surface area contributed by atoms with E-state index in [9.17, 15) is 0 Å². The Bertz CT molecular complexity index is 3390. The van der Waals surface area contributed by atoms with Gasteiger partial charge in [0.1, 0.15) is 11.2 Å². The summed E-state index contributed by atoms with van der Waals surface area (Å²) in [5.41, 5.74) is 18.3. The molecular formula is C58H44N2O. The van der Waals surface area contributed by atoms with Crippen LogP contribution in [0.25, 0.3) is 55.0 Å². The molecule has 0 saturated carbocycles. The quantitative estimate of drug-likeness (QED) is 0.173. The van der Waals surface area contributed by atoms with E-state index in [1.165, 1.54) is 49.8 Å². The molecule has 0 bridgehead atoms. The highest BCUT2D eigenvalue weighted by Crippen LogP contribution is 2.59. The molecule has 0 fully saturated rings. The van der Waals surface area contributed by atoms with Gasteiger partial charge in [-0.2, -0.15) is 0 Å². The summed E-state index contributed by atoms with van der Waals surface area (Å²) in [5.74, 6) is 0. The van der Waals surface area contributed by atoms with Gasteiger partial charge in [-0.05, 0) is 81.7 Å². The average molecular weight is 785 g/mol. The van der Waals surface area contributed by atoms with Crippen LogP contribution in [0, 0.1) is 0 Å². The van der Waals surface area contributed by atoms with Crippen molar-refractivity contribution in [1.29, 1.82) is 0 Å². The highest BCUT2D eigenvalue weighted by atomic mass is 16.3. The van der Waals surface area contributed by atoms with E-state index in [1.54, 1.807) is 0 Å². The zero-order valence-corrected chi connectivity index (χ0v) is 34.8. The maximum atomic E-state index is 6.75. The first-order chi connectivity index (χ1) is 29.8. The zero-order chi connectivity index (χ0) is 41.0. The highest BCUT2D eigenvalue weighted by Gasteiger charge is 2.42. The van der Waals surface area contributed by atoms with E-state index in [-0.39, 0.29) is 10.8 Å². The summed E-state index contributed by atoms with van der Waals surface area (Å²) in [7, 11) is 0. The Morgan fingerprint density at radius 1 is 0.426 bits per heavy atom. The second-order valence-corrected chi connectivity index (χ2v) is 17.7. The first kappa shape index (κ1) is 35.6. The molecule has 292 valence electrons. The van der Waals surface area contributed by atoms with Crippen LogP contribution in [0.3, 0.4) is 0 Å². The van der Waals surface area contributed by atoms with Gasteiger partial charge >= 0.3 is 0 Å². The van der Waals surface area contributed by atoms with E-state index < -0.39 is 0 Å². The molecule has 0 amide bonds. The number of hydrogen-bond acceptors (Lipinski definition) is 3. The van der Waals surface area contributed by atoms with Crippen LogP contribution in [0.4, 0.5) is 34.1 Å². The molecule has 2 heterocycles. The molecule has 10 aromatic rings. The Hall–Kier alpha value is -7.36. The van der Waals surface area contributed by atoms with E-state index in [1.807, 2.05) is 6.07 Å². The predicted molar refractivity (Wildman–Crippen MR) is 256 cm³/mol. The number of benzene rings is 9. The van der Waals surface area contributed by atoms with Gasteiger partial charge in [0.2, 0.25) is 0 Å². The van der Waals surface area contributed by atoms with Gasteiger partial charge in [0.05, 0.1) is 22.7 Å². The third-order valence-corrected chi connectivity index (χ3v) is 13.6. The molecule has 0 atom stereocenters. The number of nitrogens with zero attached hydrogens (tertiary/aromatic N) is 2. The van der Waals surface area contributed by atoms with Crippen LogP contribution in [0.15, 0.2) is 199 Å². The van der Waals surface area contributed by atoms with Crippen molar-refractivity contribution in [2.45, 2.75) is 38.5 Å². The molecular weight excluding hydrogens is 741 g/mol. The lowest BCUT2D eigenvalue weighted by atomic mass is 9.72. The van der Waals surface area contributed by atoms with E-state index >= 15 is 0 Å². The summed E-state index contributed by atoms with van der Waals surface area (Å²) in [6.07, 6.45) is 0. The Labute approximate surface area is 356 Å². The van der Waals surface area contributed by atoms with Crippen molar-refractivity contribution in [2.75, 3.05) is 9.80 Å². The van der Waals surface area contributed by atoms with Gasteiger partial charge in [-0.15, -0.1) is 0 Å². The van der Waals surface area contributed by atoms with Crippen molar-refractivity contribution in [3.8, 4) is 22.3 Å². The van der Waals surface area contributed by atoms with Gasteiger partial charge in [0.25, 0.3) is 0 Å². The van der Waals surface area contributed by atoms with E-state index in [2.05, 4.69) is 226 Å². The summed E-state index contributed by atoms with van der Waals surface area (Å²) in [6, 6.07) is 71.1. The summed E-state index contributed by atoms with van der Waals surface area (Å²) in [6.45, 7) is 9.53. The zero-order valence-electron chi connectivity index (χ0n) is 34.8. The molecule has 0 saturated heterocycles. The molecule has 61 heavy (non-hydrogen) atoms. The van der Waals surface area contributed by atoms with Crippen LogP contribution >= 0.6 is 0 Å². The first-order valence-corrected chi connectivity index (χ1v) is 21.4. The molecule has 3 nitrogen and oxygen atoms in total. The standard InChI is InChI=1S/C58H44N2O/c1-57(2)47-26-12-10-22-41(47)42-35-33-39(36-49(42)57)59(38-19-6-5-7-20-38)51-29-17-30-52-54(51)58(3,4)48-27-13-14-28-50(48)60(52)55-40-21-9-8-18-37(40)32-34-44(55)46-25-16-24-45-43-23-11-15-31-53(43)61-56(45)46/h5-36H,1-4H3. The Kier molecular flexibility index (Phi) is 7.62. The molecule has 0 spiro atoms. The molecule has 1 aromatic heterocycles. The Balaban J connectivity index is 1.15. The number of anilines is 6. The molecule has 2 aliphatic rings. The van der Waals surface area contributed by atoms with Gasteiger partial charge in [0.15, 0.2) is 0 Å². The molecule has 3 heteroatoms. The van der Waals surface area contributed by atoms with Crippen molar-refractivity contribution in [3.63, 3.8) is 0 Å². The van der Waals surface area contributed by atoms with Crippen LogP contribution in [-0.2, 0) is 10.8 Å². The molecule has 1 aliphatic carbocycles. The largest absolute Gasteiger partial charge is 0.455 e. The summed E-state index contributed by atoms with van der Waals surface area (Å²) in [5, 5.41) is 4.61. The second-order valence-electron chi connectivity index (χ2n) is 17.7. The molecule has 0 unspecified atom stereocenters. The van der Waals surface area contributed by atoms with Crippen LogP contribution in [0.1, 0.15) is 49.9 Å². The van der Waals surface area contributed by atoms with Gasteiger partial charge in [0, 0.05) is 55.1 Å². The number of fused-ring (bicyclic) bond motifs is 9. The monoisotopic (exact) mass is 784 g/mol. The SMILES string of the molecule is CC1(C)c2ccccc2-c2ccc(N(c3ccccc3)c3cccc4c3C(C)(C)c3ccccc3N4c3c(-c4cccc5c4oc4ccccc45)ccc4ccccc34)cc21. The number of rotatable bonds is 5. The smallest absolute Gasteiger partial charge is 0.143 e. The first-order valence-electron chi connectivity index (χ1n) is 21.4. The number of furan rings is 1. The van der Waals surface area contributed by atoms with E-state index in [0.717, 1.165) is 61.5 Å². The summed E-state index contributed by atoms with van der Waals surface area (Å²) < 4.78 is 6.75. The predicted octanol–water partition coefficient (Wildman–Crippen LogP) is 16.3. The van der Waals surface area contributed by atoms with Crippen LogP contribution < -0.4 is 9.80 Å². The fourth-order valence-electron chi connectivity index (χ4n) is 10.8. The van der Waals surface area contributed by atoms with Crippen LogP contribution in [0.2, 0.25) is 0 Å². The van der Waals surface area contributed by atoms with Gasteiger partial charge in [-0.1, -0.05) is 173 Å². The lowest BCUT2D eigenvalue weighted by Gasteiger charge is -2.45. The molecule has 9 aromatic carbocycles. The average Bonchev–Trinajstić information content (AvgIpc) is 3.79. The third kappa shape index (κ3) is 5.10. The lowest BCUT2D eigenvalue weighted by Crippen LogP contribution is -2.32. The van der Waals surface area contributed by atoms with Crippen LogP contribution in [-0.4, -0.2) is 0 Å². The Morgan fingerprint density at radius 2 is 1.07 bits per heavy atom. The van der Waals surface area contributed by atoms with Crippen molar-refractivity contribution < 1.29 is 4.42 Å². The minimum Gasteiger partial charge on any atom is -0.455 e. The minimum absolute atomic E-state index is 0.136. The molecule has 0 radical (unpaired) electrons. The maximum absolute atomic E-state index is 6.75. The fourth-order valence-corrected chi connectivity index (χ4v) is 10.8. The highest BCUT2D eigenvalue weighted by molar-refractivity contribution is 6.14. The number of hydrogen-bond donors (Lipinski definition) is 0. The van der Waals surface area contributed by atoms with Crippen molar-refractivity contribution in [1.82, 2.24) is 0 Å². The second kappa shape index (κ2) is 13.1. The summed E-state index contributed by atoms with van der Waals surface area (Å²) >= 11 is 0. The van der Waals surface area contributed by atoms with Crippen LogP contribution in [0.5, 0.6) is 0 Å². The minimum atomic E-state index is -0.373. The lowest BCUT2D eigenvalue weighted by molar-refractivity contribution is 0.632. The van der Waals surface area contributed by atoms with Crippen molar-refractivity contribution in [2.24, 2.45) is 0 Å². The normalized spacial score (nSPS) is 14.5. The van der Waals surface area contributed by atoms with Gasteiger partial charge in [-0.3, -0.25) is 0 Å². The number of para-hydroxylation sites is 4. The molecule has 0 N–H and O–H groups in total. The third-order valence-electron chi connectivity index (χ3n) is 13.6. The maximum Gasteiger partial charge on any atom is 0.143 e. The topological polar surface area (TPSA) is 19.6 Å². The molecule has 12 rings (SSSR count).